The van der Waals surface area contributed by atoms with Gasteiger partial charge in [0, 0.05) is 23.9 Å². The zero-order valence-electron chi connectivity index (χ0n) is 32.4. The Morgan fingerprint density at radius 1 is 0.740 bits per heavy atom. The van der Waals surface area contributed by atoms with E-state index >= 15 is 0 Å². The molecule has 4 radical (unpaired) electrons. The second kappa shape index (κ2) is 31.3. The molecule has 4 atom stereocenters. The molecule has 14 heteroatoms. The smallest absolute Gasteiger partial charge is 1.00 e. The van der Waals surface area contributed by atoms with Gasteiger partial charge in [-0.05, 0) is 49.7 Å². The molecule has 0 aliphatic rings. The van der Waals surface area contributed by atoms with E-state index in [1.165, 1.54) is 12.1 Å². The molecule has 1 rings (SSSR count). The Kier molecular flexibility index (Phi) is 33.3. The SMILES string of the molecule is CCCCC(CC)COC(=O)CC(C(=O)OCC(CC)CCCC)S(=O)(=O)O.CCCCC(CCC)OC(=O)c1ccccc1C(=O)O.[H-].[Na+].[Sn]. The van der Waals surface area contributed by atoms with Crippen LogP contribution in [0.25, 0.3) is 0 Å². The normalized spacial score (nSPS) is 13.1. The molecule has 11 nitrogen and oxygen atoms in total. The van der Waals surface area contributed by atoms with E-state index in [9.17, 15) is 32.1 Å². The van der Waals surface area contributed by atoms with Crippen molar-refractivity contribution in [3.8, 4) is 0 Å². The topological polar surface area (TPSA) is 171 Å². The summed E-state index contributed by atoms with van der Waals surface area (Å²) in [6, 6.07) is 6.15. The maximum absolute atomic E-state index is 12.2. The van der Waals surface area contributed by atoms with E-state index in [1.807, 2.05) is 20.8 Å². The van der Waals surface area contributed by atoms with Crippen molar-refractivity contribution in [1.29, 1.82) is 0 Å². The number of carbonyl (C=O) groups excluding carboxylic acids is 3. The van der Waals surface area contributed by atoms with E-state index in [4.69, 9.17) is 19.3 Å². The zero-order chi connectivity index (χ0) is 36.5. The summed E-state index contributed by atoms with van der Waals surface area (Å²) >= 11 is 0. The number of esters is 3. The molecule has 0 bridgehead atoms. The van der Waals surface area contributed by atoms with Gasteiger partial charge in [-0.15, -0.1) is 0 Å². The first kappa shape index (κ1) is 53.2. The van der Waals surface area contributed by atoms with Crippen molar-refractivity contribution in [2.75, 3.05) is 13.2 Å². The molecule has 4 unspecified atom stereocenters. The monoisotopic (exact) mass is 844 g/mol. The van der Waals surface area contributed by atoms with Gasteiger partial charge in [0.05, 0.1) is 30.8 Å². The number of ether oxygens (including phenoxy) is 3. The predicted molar refractivity (Wildman–Crippen MR) is 192 cm³/mol. The van der Waals surface area contributed by atoms with Crippen molar-refractivity contribution in [3.63, 3.8) is 0 Å². The number of benzene rings is 1. The molecule has 0 fully saturated rings. The molecular formula is C36H61NaO11SSn. The van der Waals surface area contributed by atoms with Crippen LogP contribution in [-0.4, -0.2) is 90.4 Å². The molecule has 0 spiro atoms. The van der Waals surface area contributed by atoms with Crippen LogP contribution in [0.4, 0.5) is 0 Å². The van der Waals surface area contributed by atoms with Crippen LogP contribution >= 0.6 is 0 Å². The third-order valence-corrected chi connectivity index (χ3v) is 9.22. The quantitative estimate of drug-likeness (QED) is 0.0635. The summed E-state index contributed by atoms with van der Waals surface area (Å²) in [5.41, 5.74) is 0.112. The van der Waals surface area contributed by atoms with E-state index in [2.05, 4.69) is 20.8 Å². The Morgan fingerprint density at radius 3 is 1.66 bits per heavy atom. The Morgan fingerprint density at radius 2 is 1.22 bits per heavy atom. The predicted octanol–water partition coefficient (Wildman–Crippen LogP) is 4.79. The average Bonchev–Trinajstić information content (AvgIpc) is 3.05. The number of unbranched alkanes of at least 4 members (excludes halogenated alkanes) is 3. The van der Waals surface area contributed by atoms with Crippen LogP contribution in [0.1, 0.15) is 154 Å². The third kappa shape index (κ3) is 23.4. The minimum atomic E-state index is -4.76. The van der Waals surface area contributed by atoms with Gasteiger partial charge in [0.15, 0.2) is 5.25 Å². The molecule has 0 saturated heterocycles. The number of rotatable bonds is 24. The van der Waals surface area contributed by atoms with E-state index < -0.39 is 45.7 Å². The van der Waals surface area contributed by atoms with Crippen molar-refractivity contribution < 1.29 is 82.4 Å². The molecule has 0 heterocycles. The van der Waals surface area contributed by atoms with E-state index in [1.54, 1.807) is 12.1 Å². The summed E-state index contributed by atoms with van der Waals surface area (Å²) in [5.74, 6) is -3.26. The van der Waals surface area contributed by atoms with Crippen molar-refractivity contribution in [2.45, 2.75) is 143 Å². The van der Waals surface area contributed by atoms with E-state index in [-0.39, 0.29) is 97.2 Å². The summed E-state index contributed by atoms with van der Waals surface area (Å²) < 4.78 is 48.2. The van der Waals surface area contributed by atoms with Gasteiger partial charge >= 0.3 is 53.4 Å². The summed E-state index contributed by atoms with van der Waals surface area (Å²) in [5, 5.41) is 7.14. The summed E-state index contributed by atoms with van der Waals surface area (Å²) in [6.45, 7) is 12.5. The molecule has 0 saturated carbocycles. The standard InChI is InChI=1S/C20H38O7S.C16H22O4.Na.Sn.H/c1-5-9-11-16(7-3)14-26-19(21)13-18(28(23,24)25)20(22)27-15-17(8-4)12-10-6-2;1-3-5-9-12(8-4-2)20-16(19)14-11-7-6-10-13(14)15(17)18;;;/h16-18H,5-15H2,1-4H3,(H,23,24,25);6-7,10-12H,3-5,8-9H2,1-2H3,(H,17,18);;;/q;;+1;;-1. The van der Waals surface area contributed by atoms with Gasteiger partial charge in [0.25, 0.3) is 10.1 Å². The number of carboxylic acids is 1. The van der Waals surface area contributed by atoms with Crippen LogP contribution in [-0.2, 0) is 33.9 Å². The van der Waals surface area contributed by atoms with Crippen LogP contribution in [0.15, 0.2) is 24.3 Å². The first-order valence-corrected chi connectivity index (χ1v) is 19.1. The fourth-order valence-electron chi connectivity index (χ4n) is 4.90. The molecule has 0 aliphatic carbocycles. The average molecular weight is 844 g/mol. The first-order chi connectivity index (χ1) is 22.8. The van der Waals surface area contributed by atoms with Gasteiger partial charge in [-0.2, -0.15) is 8.42 Å². The van der Waals surface area contributed by atoms with Crippen LogP contribution in [0, 0.1) is 11.8 Å². The fraction of sp³-hybridized carbons (Fsp3) is 0.722. The number of aromatic carboxylic acids is 1. The Bertz CT molecular complexity index is 1200. The molecule has 2 N–H and O–H groups in total. The van der Waals surface area contributed by atoms with Gasteiger partial charge < -0.3 is 20.7 Å². The molecular weight excluding hydrogens is 782 g/mol. The second-order valence-electron chi connectivity index (χ2n) is 12.2. The summed E-state index contributed by atoms with van der Waals surface area (Å²) in [7, 11) is -4.76. The van der Waals surface area contributed by atoms with Gasteiger partial charge in [-0.1, -0.05) is 111 Å². The van der Waals surface area contributed by atoms with E-state index in [0.29, 0.717) is 0 Å². The number of hydrogen-bond acceptors (Lipinski definition) is 9. The Hall–Kier alpha value is -1.19. The Labute approximate surface area is 341 Å². The minimum absolute atomic E-state index is 0. The zero-order valence-corrected chi connectivity index (χ0v) is 37.1. The molecule has 1 aromatic rings. The van der Waals surface area contributed by atoms with Crippen LogP contribution in [0.5, 0.6) is 0 Å². The van der Waals surface area contributed by atoms with Crippen LogP contribution in [0.3, 0.4) is 0 Å². The maximum atomic E-state index is 12.2. The molecule has 50 heavy (non-hydrogen) atoms. The molecule has 0 amide bonds. The van der Waals surface area contributed by atoms with Gasteiger partial charge in [-0.25, -0.2) is 9.59 Å². The van der Waals surface area contributed by atoms with Crippen molar-refractivity contribution in [1.82, 2.24) is 0 Å². The minimum Gasteiger partial charge on any atom is -1.00 e. The third-order valence-electron chi connectivity index (χ3n) is 8.14. The fourth-order valence-corrected chi connectivity index (χ4v) is 5.56. The van der Waals surface area contributed by atoms with Gasteiger partial charge in [-0.3, -0.25) is 14.1 Å². The van der Waals surface area contributed by atoms with Crippen molar-refractivity contribution in [2.24, 2.45) is 11.8 Å². The maximum Gasteiger partial charge on any atom is 1.00 e. The second-order valence-corrected chi connectivity index (χ2v) is 13.8. The number of carboxylic acid groups (broad SMARTS) is 1. The van der Waals surface area contributed by atoms with Gasteiger partial charge in [0.2, 0.25) is 0 Å². The van der Waals surface area contributed by atoms with Crippen molar-refractivity contribution >= 4 is 57.9 Å². The number of hydrogen-bond donors (Lipinski definition) is 2. The largest absolute Gasteiger partial charge is 1.00 e. The molecule has 1 aromatic carbocycles. The molecule has 0 aliphatic heterocycles. The van der Waals surface area contributed by atoms with Gasteiger partial charge in [0.1, 0.15) is 6.10 Å². The van der Waals surface area contributed by atoms with Crippen LogP contribution in [0.2, 0.25) is 0 Å². The first-order valence-electron chi connectivity index (χ1n) is 17.6. The molecule has 282 valence electrons. The molecule has 0 aromatic heterocycles. The van der Waals surface area contributed by atoms with Crippen LogP contribution < -0.4 is 29.6 Å². The Balaban J connectivity index is -0.000000427. The summed E-state index contributed by atoms with van der Waals surface area (Å²) in [4.78, 5) is 47.4. The number of carbonyl (C=O) groups is 4. The summed E-state index contributed by atoms with van der Waals surface area (Å²) in [6.07, 6.45) is 11.2. The van der Waals surface area contributed by atoms with E-state index in [0.717, 1.165) is 83.5 Å². The van der Waals surface area contributed by atoms with Crippen molar-refractivity contribution in [3.05, 3.63) is 35.4 Å².